The lowest BCUT2D eigenvalue weighted by Crippen LogP contribution is -2.51. The van der Waals surface area contributed by atoms with E-state index in [1.807, 2.05) is 0 Å². The topological polar surface area (TPSA) is 59.3 Å². The molecule has 0 bridgehead atoms. The third-order valence-corrected chi connectivity index (χ3v) is 5.19. The number of amides is 1. The van der Waals surface area contributed by atoms with Crippen molar-refractivity contribution in [1.29, 1.82) is 0 Å². The number of carbonyl (C=O) groups is 1. The van der Waals surface area contributed by atoms with Crippen molar-refractivity contribution in [1.82, 2.24) is 10.2 Å². The summed E-state index contributed by atoms with van der Waals surface area (Å²) < 4.78 is 0.700. The van der Waals surface area contributed by atoms with Gasteiger partial charge in [0.15, 0.2) is 12.4 Å². The molecule has 23 heavy (non-hydrogen) atoms. The summed E-state index contributed by atoms with van der Waals surface area (Å²) in [6.45, 7) is 2.13. The van der Waals surface area contributed by atoms with Crippen molar-refractivity contribution < 1.29 is 9.52 Å². The number of likely N-dealkylation sites (tertiary alicyclic amines) is 1. The van der Waals surface area contributed by atoms with E-state index >= 15 is 0 Å². The maximum atomic E-state index is 12.3. The Bertz CT molecular complexity index is 510. The fourth-order valence-corrected chi connectivity index (χ4v) is 3.91. The Kier molecular flexibility index (Phi) is 5.49. The first-order chi connectivity index (χ1) is 11.2. The Balaban J connectivity index is 1.55. The average molecular weight is 317 g/mol. The number of nitrogens with zero attached hydrogens (tertiary/aromatic N) is 2. The van der Waals surface area contributed by atoms with Crippen LogP contribution in [0.5, 0.6) is 0 Å². The van der Waals surface area contributed by atoms with Gasteiger partial charge in [0.1, 0.15) is 0 Å². The molecule has 0 radical (unpaired) electrons. The molecule has 5 heteroatoms. The van der Waals surface area contributed by atoms with Crippen LogP contribution in [-0.4, -0.2) is 36.0 Å². The fourth-order valence-electron chi connectivity index (χ4n) is 3.91. The molecule has 1 aliphatic heterocycles. The molecular formula is C18H27N3O2. The second kappa shape index (κ2) is 7.77. The number of nitrogens with one attached hydrogen (secondary N) is 1. The van der Waals surface area contributed by atoms with E-state index in [0.717, 1.165) is 19.4 Å². The highest BCUT2D eigenvalue weighted by Gasteiger charge is 2.27. The van der Waals surface area contributed by atoms with Gasteiger partial charge in [-0.2, -0.15) is 4.73 Å². The van der Waals surface area contributed by atoms with Crippen molar-refractivity contribution in [2.24, 2.45) is 0 Å². The third-order valence-electron chi connectivity index (χ3n) is 5.19. The van der Waals surface area contributed by atoms with Gasteiger partial charge in [0.05, 0.1) is 5.56 Å². The molecule has 2 heterocycles. The molecule has 1 saturated carbocycles. The molecule has 3 rings (SSSR count). The van der Waals surface area contributed by atoms with Crippen molar-refractivity contribution in [3.8, 4) is 0 Å². The van der Waals surface area contributed by atoms with Crippen molar-refractivity contribution in [2.75, 3.05) is 13.1 Å². The molecule has 1 saturated heterocycles. The maximum absolute atomic E-state index is 12.3. The second-order valence-corrected chi connectivity index (χ2v) is 6.90. The van der Waals surface area contributed by atoms with E-state index in [1.165, 1.54) is 57.5 Å². The van der Waals surface area contributed by atoms with Gasteiger partial charge in [0.25, 0.3) is 5.91 Å². The number of hydrogen-bond donors (Lipinski definition) is 1. The summed E-state index contributed by atoms with van der Waals surface area (Å²) >= 11 is 0. The molecule has 1 aromatic rings. The predicted molar refractivity (Wildman–Crippen MR) is 89.0 cm³/mol. The lowest BCUT2D eigenvalue weighted by atomic mass is 9.99. The summed E-state index contributed by atoms with van der Waals surface area (Å²) in [4.78, 5) is 14.9. The first-order valence-corrected chi connectivity index (χ1v) is 8.96. The van der Waals surface area contributed by atoms with Gasteiger partial charge in [-0.3, -0.25) is 9.69 Å². The van der Waals surface area contributed by atoms with Gasteiger partial charge in [-0.25, -0.2) is 0 Å². The minimum atomic E-state index is -0.0710. The fraction of sp³-hybridized carbons (Fsp3) is 0.667. The van der Waals surface area contributed by atoms with Crippen LogP contribution < -0.4 is 10.0 Å². The number of piperidine rings is 1. The quantitative estimate of drug-likeness (QED) is 0.528. The van der Waals surface area contributed by atoms with Crippen LogP contribution in [0, 0.1) is 5.21 Å². The van der Waals surface area contributed by atoms with Crippen LogP contribution in [0.15, 0.2) is 24.5 Å². The summed E-state index contributed by atoms with van der Waals surface area (Å²) in [5.41, 5.74) is 0.559. The van der Waals surface area contributed by atoms with Crippen LogP contribution in [0.1, 0.15) is 61.7 Å². The summed E-state index contributed by atoms with van der Waals surface area (Å²) in [6, 6.07) is 4.08. The first-order valence-electron chi connectivity index (χ1n) is 8.96. The Morgan fingerprint density at radius 1 is 1.09 bits per heavy atom. The summed E-state index contributed by atoms with van der Waals surface area (Å²) in [6.07, 6.45) is 13.0. The number of aromatic nitrogens is 1. The molecule has 1 atom stereocenters. The van der Waals surface area contributed by atoms with E-state index in [1.54, 1.807) is 12.1 Å². The molecule has 2 aliphatic rings. The largest absolute Gasteiger partial charge is 0.619 e. The molecule has 1 unspecified atom stereocenters. The molecule has 5 nitrogen and oxygen atoms in total. The highest BCUT2D eigenvalue weighted by Crippen LogP contribution is 2.24. The van der Waals surface area contributed by atoms with Gasteiger partial charge >= 0.3 is 0 Å². The Morgan fingerprint density at radius 2 is 1.78 bits per heavy atom. The zero-order valence-electron chi connectivity index (χ0n) is 13.7. The zero-order chi connectivity index (χ0) is 16.1. The van der Waals surface area contributed by atoms with E-state index < -0.39 is 0 Å². The summed E-state index contributed by atoms with van der Waals surface area (Å²) in [5.74, 6) is -0.0710. The Morgan fingerprint density at radius 3 is 2.48 bits per heavy atom. The minimum absolute atomic E-state index is 0.0710. The second-order valence-electron chi connectivity index (χ2n) is 6.90. The molecule has 1 amide bonds. The number of hydrogen-bond acceptors (Lipinski definition) is 3. The van der Waals surface area contributed by atoms with Crippen LogP contribution >= 0.6 is 0 Å². The molecular weight excluding hydrogens is 290 g/mol. The van der Waals surface area contributed by atoms with Gasteiger partial charge < -0.3 is 10.5 Å². The van der Waals surface area contributed by atoms with Gasteiger partial charge in [0, 0.05) is 30.8 Å². The van der Waals surface area contributed by atoms with Gasteiger partial charge in [-0.1, -0.05) is 25.7 Å². The number of rotatable bonds is 3. The van der Waals surface area contributed by atoms with E-state index in [9.17, 15) is 10.0 Å². The predicted octanol–water partition coefficient (Wildman–Crippen LogP) is 2.24. The highest BCUT2D eigenvalue weighted by molar-refractivity contribution is 5.94. The lowest BCUT2D eigenvalue weighted by Gasteiger charge is -2.38. The van der Waals surface area contributed by atoms with E-state index in [2.05, 4.69) is 10.2 Å². The van der Waals surface area contributed by atoms with Crippen molar-refractivity contribution in [3.05, 3.63) is 35.3 Å². The Hall–Kier alpha value is -1.62. The lowest BCUT2D eigenvalue weighted by molar-refractivity contribution is -0.605. The molecule has 2 fully saturated rings. The normalized spacial score (nSPS) is 24.1. The van der Waals surface area contributed by atoms with Crippen LogP contribution in [0.3, 0.4) is 0 Å². The van der Waals surface area contributed by atoms with Crippen LogP contribution in [0.25, 0.3) is 0 Å². The average Bonchev–Trinajstić information content (AvgIpc) is 2.85. The maximum Gasteiger partial charge on any atom is 0.251 e. The standard InChI is InChI=1S/C18H27N3O2/c22-18(15-9-12-21(23)13-10-15)19-16-6-5-11-20(14-16)17-7-3-1-2-4-8-17/h9-10,12-13,16-17H,1-8,11,14H2,(H,19,22). The molecule has 126 valence electrons. The number of carbonyl (C=O) groups excluding carboxylic acids is 1. The minimum Gasteiger partial charge on any atom is -0.619 e. The van der Waals surface area contributed by atoms with Gasteiger partial charge in [-0.05, 0) is 32.2 Å². The molecule has 0 aromatic carbocycles. The van der Waals surface area contributed by atoms with Crippen LogP contribution in [0.4, 0.5) is 0 Å². The molecule has 1 N–H and O–H groups in total. The van der Waals surface area contributed by atoms with Gasteiger partial charge in [-0.15, -0.1) is 0 Å². The Labute approximate surface area is 138 Å². The van der Waals surface area contributed by atoms with E-state index in [4.69, 9.17) is 0 Å². The zero-order valence-corrected chi connectivity index (χ0v) is 13.7. The van der Waals surface area contributed by atoms with E-state index in [-0.39, 0.29) is 11.9 Å². The van der Waals surface area contributed by atoms with E-state index in [0.29, 0.717) is 16.3 Å². The van der Waals surface area contributed by atoms with Crippen LogP contribution in [-0.2, 0) is 0 Å². The summed E-state index contributed by atoms with van der Waals surface area (Å²) in [7, 11) is 0. The summed E-state index contributed by atoms with van der Waals surface area (Å²) in [5, 5.41) is 14.2. The highest BCUT2D eigenvalue weighted by atomic mass is 16.5. The smallest absolute Gasteiger partial charge is 0.251 e. The molecule has 1 aromatic heterocycles. The van der Waals surface area contributed by atoms with Gasteiger partial charge in [0.2, 0.25) is 0 Å². The molecule has 1 aliphatic carbocycles. The SMILES string of the molecule is O=C(NC1CCCN(C2CCCCCC2)C1)c1cc[n+]([O-])cc1. The van der Waals surface area contributed by atoms with Crippen molar-refractivity contribution >= 4 is 5.91 Å². The molecule has 0 spiro atoms. The van der Waals surface area contributed by atoms with Crippen molar-refractivity contribution in [2.45, 2.75) is 63.5 Å². The van der Waals surface area contributed by atoms with Crippen molar-refractivity contribution in [3.63, 3.8) is 0 Å². The first kappa shape index (κ1) is 16.2. The van der Waals surface area contributed by atoms with Crippen LogP contribution in [0.2, 0.25) is 0 Å². The monoisotopic (exact) mass is 317 g/mol. The third kappa shape index (κ3) is 4.44. The number of pyridine rings is 1.